The highest BCUT2D eigenvalue weighted by atomic mass is 16.5. The molecule has 0 saturated carbocycles. The summed E-state index contributed by atoms with van der Waals surface area (Å²) in [5.74, 6) is 0. The summed E-state index contributed by atoms with van der Waals surface area (Å²) >= 11 is 0. The summed E-state index contributed by atoms with van der Waals surface area (Å²) in [6.45, 7) is 6.85. The average molecular weight is 271 g/mol. The molecule has 0 amide bonds. The minimum Gasteiger partial charge on any atom is -0.380 e. The average Bonchev–Trinajstić information content (AvgIpc) is 2.50. The van der Waals surface area contributed by atoms with Crippen molar-refractivity contribution in [3.8, 4) is 0 Å². The minimum absolute atomic E-state index is 0.390. The summed E-state index contributed by atoms with van der Waals surface area (Å²) in [6.07, 6.45) is 2.17. The van der Waals surface area contributed by atoms with Crippen molar-refractivity contribution in [2.45, 2.75) is 32.7 Å². The van der Waals surface area contributed by atoms with Crippen LogP contribution in [0.3, 0.4) is 0 Å². The smallest absolute Gasteiger partial charge is 0.0622 e. The highest BCUT2D eigenvalue weighted by Gasteiger charge is 2.10. The molecule has 2 aromatic carbocycles. The summed E-state index contributed by atoms with van der Waals surface area (Å²) in [5.41, 5.74) is 1.40. The Balaban J connectivity index is 2.14. The van der Waals surface area contributed by atoms with E-state index in [0.717, 1.165) is 32.6 Å². The molecule has 1 atom stereocenters. The Kier molecular flexibility index (Phi) is 6.03. The van der Waals surface area contributed by atoms with Crippen LogP contribution >= 0.6 is 0 Å². The maximum atomic E-state index is 5.61. The van der Waals surface area contributed by atoms with Crippen molar-refractivity contribution < 1.29 is 4.74 Å². The van der Waals surface area contributed by atoms with E-state index in [2.05, 4.69) is 61.6 Å². The summed E-state index contributed by atoms with van der Waals surface area (Å²) in [4.78, 5) is 0. The first-order valence-electron chi connectivity index (χ1n) is 7.63. The van der Waals surface area contributed by atoms with Crippen molar-refractivity contribution in [3.05, 3.63) is 48.0 Å². The third-order valence-corrected chi connectivity index (χ3v) is 3.55. The van der Waals surface area contributed by atoms with Crippen LogP contribution in [0.25, 0.3) is 10.8 Å². The molecule has 20 heavy (non-hydrogen) atoms. The second-order valence-corrected chi connectivity index (χ2v) is 5.15. The summed E-state index contributed by atoms with van der Waals surface area (Å²) in [7, 11) is 0. The van der Waals surface area contributed by atoms with Crippen molar-refractivity contribution in [1.82, 2.24) is 5.32 Å². The molecule has 0 bridgehead atoms. The molecule has 0 aliphatic heterocycles. The van der Waals surface area contributed by atoms with Gasteiger partial charge in [-0.05, 0) is 42.6 Å². The highest BCUT2D eigenvalue weighted by Crippen LogP contribution is 2.19. The van der Waals surface area contributed by atoms with E-state index >= 15 is 0 Å². The van der Waals surface area contributed by atoms with Crippen LogP contribution in [0.4, 0.5) is 0 Å². The fourth-order valence-corrected chi connectivity index (χ4v) is 2.53. The Labute approximate surface area is 122 Å². The number of hydrogen-bond acceptors (Lipinski definition) is 2. The molecule has 0 fully saturated rings. The van der Waals surface area contributed by atoms with Gasteiger partial charge < -0.3 is 10.1 Å². The SMILES string of the molecule is CCCNC(COCC)Cc1cccc2ccccc12. The second kappa shape index (κ2) is 8.03. The van der Waals surface area contributed by atoms with Gasteiger partial charge in [0.05, 0.1) is 6.61 Å². The zero-order chi connectivity index (χ0) is 14.2. The number of nitrogens with one attached hydrogen (secondary N) is 1. The molecule has 108 valence electrons. The summed E-state index contributed by atoms with van der Waals surface area (Å²) in [6, 6.07) is 15.5. The molecule has 2 nitrogen and oxygen atoms in total. The molecule has 0 heterocycles. The Bertz CT molecular complexity index is 510. The van der Waals surface area contributed by atoms with Crippen molar-refractivity contribution in [3.63, 3.8) is 0 Å². The van der Waals surface area contributed by atoms with Gasteiger partial charge in [0.1, 0.15) is 0 Å². The first kappa shape index (κ1) is 15.0. The van der Waals surface area contributed by atoms with Gasteiger partial charge in [0.2, 0.25) is 0 Å². The van der Waals surface area contributed by atoms with E-state index < -0.39 is 0 Å². The van der Waals surface area contributed by atoms with Crippen molar-refractivity contribution in [2.24, 2.45) is 0 Å². The molecular weight excluding hydrogens is 246 g/mol. The molecule has 0 aliphatic rings. The highest BCUT2D eigenvalue weighted by molar-refractivity contribution is 5.85. The summed E-state index contributed by atoms with van der Waals surface area (Å²) < 4.78 is 5.61. The van der Waals surface area contributed by atoms with Crippen LogP contribution in [0.15, 0.2) is 42.5 Å². The van der Waals surface area contributed by atoms with E-state index in [9.17, 15) is 0 Å². The fraction of sp³-hybridized carbons (Fsp3) is 0.444. The fourth-order valence-electron chi connectivity index (χ4n) is 2.53. The third kappa shape index (κ3) is 4.06. The normalized spacial score (nSPS) is 12.7. The number of rotatable bonds is 8. The van der Waals surface area contributed by atoms with Gasteiger partial charge >= 0.3 is 0 Å². The molecule has 0 radical (unpaired) electrons. The van der Waals surface area contributed by atoms with Gasteiger partial charge in [0.15, 0.2) is 0 Å². The van der Waals surface area contributed by atoms with Gasteiger partial charge in [-0.2, -0.15) is 0 Å². The first-order chi connectivity index (χ1) is 9.85. The molecule has 1 N–H and O–H groups in total. The predicted octanol–water partition coefficient (Wildman–Crippen LogP) is 3.79. The quantitative estimate of drug-likeness (QED) is 0.789. The third-order valence-electron chi connectivity index (χ3n) is 3.55. The molecule has 0 spiro atoms. The van der Waals surface area contributed by atoms with Crippen molar-refractivity contribution in [2.75, 3.05) is 19.8 Å². The van der Waals surface area contributed by atoms with Crippen LogP contribution < -0.4 is 5.32 Å². The molecule has 0 saturated heterocycles. The lowest BCUT2D eigenvalue weighted by atomic mass is 9.99. The van der Waals surface area contributed by atoms with Crippen molar-refractivity contribution >= 4 is 10.8 Å². The van der Waals surface area contributed by atoms with Crippen LogP contribution in [0.5, 0.6) is 0 Å². The molecule has 1 unspecified atom stereocenters. The molecule has 0 aliphatic carbocycles. The van der Waals surface area contributed by atoms with Crippen LogP contribution in [0.1, 0.15) is 25.8 Å². The number of benzene rings is 2. The molecule has 2 aromatic rings. The first-order valence-corrected chi connectivity index (χ1v) is 7.63. The largest absolute Gasteiger partial charge is 0.380 e. The van der Waals surface area contributed by atoms with Crippen LogP contribution in [-0.4, -0.2) is 25.8 Å². The topological polar surface area (TPSA) is 21.3 Å². The number of hydrogen-bond donors (Lipinski definition) is 1. The zero-order valence-corrected chi connectivity index (χ0v) is 12.6. The van der Waals surface area contributed by atoms with Crippen LogP contribution in [0.2, 0.25) is 0 Å². The number of fused-ring (bicyclic) bond motifs is 1. The molecule has 2 heteroatoms. The van der Waals surface area contributed by atoms with E-state index in [0.29, 0.717) is 6.04 Å². The summed E-state index contributed by atoms with van der Waals surface area (Å²) in [5, 5.41) is 6.26. The Morgan fingerprint density at radius 2 is 1.85 bits per heavy atom. The van der Waals surface area contributed by atoms with Gasteiger partial charge in [0.25, 0.3) is 0 Å². The van der Waals surface area contributed by atoms with Gasteiger partial charge in [-0.25, -0.2) is 0 Å². The van der Waals surface area contributed by atoms with Crippen LogP contribution in [0, 0.1) is 0 Å². The van der Waals surface area contributed by atoms with E-state index in [4.69, 9.17) is 4.74 Å². The van der Waals surface area contributed by atoms with Crippen molar-refractivity contribution in [1.29, 1.82) is 0 Å². The number of ether oxygens (including phenoxy) is 1. The maximum absolute atomic E-state index is 5.61. The van der Waals surface area contributed by atoms with Gasteiger partial charge in [0, 0.05) is 12.6 Å². The van der Waals surface area contributed by atoms with E-state index in [1.807, 2.05) is 0 Å². The van der Waals surface area contributed by atoms with E-state index in [-0.39, 0.29) is 0 Å². The molecular formula is C18H25NO. The lowest BCUT2D eigenvalue weighted by Gasteiger charge is -2.19. The second-order valence-electron chi connectivity index (χ2n) is 5.15. The standard InChI is InChI=1S/C18H25NO/c1-3-12-19-17(14-20-4-2)13-16-10-7-9-15-8-5-6-11-18(15)16/h5-11,17,19H,3-4,12-14H2,1-2H3. The maximum Gasteiger partial charge on any atom is 0.0622 e. The lowest BCUT2D eigenvalue weighted by Crippen LogP contribution is -2.36. The zero-order valence-electron chi connectivity index (χ0n) is 12.6. The lowest BCUT2D eigenvalue weighted by molar-refractivity contribution is 0.123. The van der Waals surface area contributed by atoms with E-state index in [1.54, 1.807) is 0 Å². The van der Waals surface area contributed by atoms with Crippen LogP contribution in [-0.2, 0) is 11.2 Å². The monoisotopic (exact) mass is 271 g/mol. The predicted molar refractivity (Wildman–Crippen MR) is 86.2 cm³/mol. The Hall–Kier alpha value is -1.38. The Morgan fingerprint density at radius 3 is 2.65 bits per heavy atom. The Morgan fingerprint density at radius 1 is 1.05 bits per heavy atom. The minimum atomic E-state index is 0.390. The molecule has 2 rings (SSSR count). The van der Waals surface area contributed by atoms with Gasteiger partial charge in [-0.3, -0.25) is 0 Å². The van der Waals surface area contributed by atoms with Gasteiger partial charge in [-0.1, -0.05) is 49.4 Å². The van der Waals surface area contributed by atoms with Gasteiger partial charge in [-0.15, -0.1) is 0 Å². The molecule has 0 aromatic heterocycles. The van der Waals surface area contributed by atoms with E-state index in [1.165, 1.54) is 16.3 Å².